The van der Waals surface area contributed by atoms with Gasteiger partial charge in [0.05, 0.1) is 26.5 Å². The van der Waals surface area contributed by atoms with Crippen LogP contribution in [0.1, 0.15) is 27.8 Å². The van der Waals surface area contributed by atoms with Crippen LogP contribution in [0.4, 0.5) is 5.69 Å². The number of piperazine rings is 1. The number of carbonyl (C=O) groups excluding carboxylic acids is 2. The van der Waals surface area contributed by atoms with Crippen LogP contribution in [0.15, 0.2) is 72.9 Å². The monoisotopic (exact) mass is 541 g/mol. The number of esters is 1. The van der Waals surface area contributed by atoms with Gasteiger partial charge in [-0.1, -0.05) is 18.2 Å². The van der Waals surface area contributed by atoms with Gasteiger partial charge >= 0.3 is 5.97 Å². The number of anilines is 1. The number of hydrogen-bond donors (Lipinski definition) is 0. The number of ether oxygens (including phenoxy) is 3. The van der Waals surface area contributed by atoms with Crippen molar-refractivity contribution in [2.24, 2.45) is 0 Å². The summed E-state index contributed by atoms with van der Waals surface area (Å²) in [6.07, 6.45) is 1.68. The molecule has 1 amide bonds. The van der Waals surface area contributed by atoms with E-state index >= 15 is 0 Å². The van der Waals surface area contributed by atoms with E-state index in [2.05, 4.69) is 15.0 Å². The molecule has 0 bridgehead atoms. The molecule has 0 atom stereocenters. The molecular formula is C30H31N5O5. The number of carbonyl (C=O) groups is 2. The molecule has 40 heavy (non-hydrogen) atoms. The molecule has 1 fully saturated rings. The highest BCUT2D eigenvalue weighted by Gasteiger charge is 2.24. The fraction of sp³-hybridized carbons (Fsp3) is 0.267. The maximum absolute atomic E-state index is 13.2. The van der Waals surface area contributed by atoms with E-state index in [1.807, 2.05) is 47.4 Å². The topological polar surface area (TPSA) is 99.0 Å². The molecule has 5 rings (SSSR count). The highest BCUT2D eigenvalue weighted by Crippen LogP contribution is 2.28. The van der Waals surface area contributed by atoms with E-state index in [9.17, 15) is 9.59 Å². The first-order valence-corrected chi connectivity index (χ1v) is 13.1. The van der Waals surface area contributed by atoms with Crippen LogP contribution in [-0.4, -0.2) is 78.5 Å². The normalized spacial score (nSPS) is 13.2. The summed E-state index contributed by atoms with van der Waals surface area (Å²) in [4.78, 5) is 34.1. The van der Waals surface area contributed by atoms with Crippen molar-refractivity contribution < 1.29 is 23.8 Å². The number of methoxy groups -OCH3 is 2. The molecule has 0 aliphatic carbocycles. The average molecular weight is 542 g/mol. The van der Waals surface area contributed by atoms with Gasteiger partial charge in [-0.15, -0.1) is 0 Å². The van der Waals surface area contributed by atoms with Crippen LogP contribution in [0.2, 0.25) is 0 Å². The smallest absolute Gasteiger partial charge is 0.358 e. The largest absolute Gasteiger partial charge is 0.497 e. The van der Waals surface area contributed by atoms with Gasteiger partial charge in [0.2, 0.25) is 0 Å². The van der Waals surface area contributed by atoms with Gasteiger partial charge in [-0.25, -0.2) is 14.5 Å². The van der Waals surface area contributed by atoms with Gasteiger partial charge in [0.15, 0.2) is 11.5 Å². The minimum atomic E-state index is -0.477. The SMILES string of the molecule is CCOC(=O)c1cc(-c2ccc(N3CCN(C(=O)c4cc(OC)cc(OC)c4)CC3)cc2)n(-c2ccccn2)n1. The molecule has 4 aromatic rings. The maximum Gasteiger partial charge on any atom is 0.358 e. The predicted molar refractivity (Wildman–Crippen MR) is 150 cm³/mol. The number of aromatic nitrogens is 3. The van der Waals surface area contributed by atoms with Gasteiger partial charge < -0.3 is 24.0 Å². The molecule has 1 saturated heterocycles. The lowest BCUT2D eigenvalue weighted by Gasteiger charge is -2.36. The third-order valence-electron chi connectivity index (χ3n) is 6.75. The molecule has 1 aliphatic heterocycles. The van der Waals surface area contributed by atoms with Gasteiger partial charge in [-0.2, -0.15) is 5.10 Å². The third-order valence-corrected chi connectivity index (χ3v) is 6.75. The molecule has 0 saturated carbocycles. The zero-order chi connectivity index (χ0) is 28.1. The highest BCUT2D eigenvalue weighted by molar-refractivity contribution is 5.95. The Morgan fingerprint density at radius 2 is 1.57 bits per heavy atom. The standard InChI is InChI=1S/C30H31N5O5/c1-4-40-30(37)26-20-27(35(32-26)28-7-5-6-12-31-28)21-8-10-23(11-9-21)33-13-15-34(16-14-33)29(36)22-17-24(38-2)19-25(18-22)39-3/h5-12,17-20H,4,13-16H2,1-3H3. The second-order valence-electron chi connectivity index (χ2n) is 9.16. The molecule has 2 aromatic heterocycles. The molecule has 1 aliphatic rings. The van der Waals surface area contributed by atoms with Crippen LogP contribution in [0.25, 0.3) is 17.1 Å². The quantitative estimate of drug-likeness (QED) is 0.308. The van der Waals surface area contributed by atoms with E-state index in [-0.39, 0.29) is 18.2 Å². The first-order valence-electron chi connectivity index (χ1n) is 13.1. The summed E-state index contributed by atoms with van der Waals surface area (Å²) in [7, 11) is 3.14. The average Bonchev–Trinajstić information content (AvgIpc) is 3.47. The highest BCUT2D eigenvalue weighted by atomic mass is 16.5. The van der Waals surface area contributed by atoms with Crippen molar-refractivity contribution in [2.75, 3.05) is 51.9 Å². The minimum absolute atomic E-state index is 0.0487. The summed E-state index contributed by atoms with van der Waals surface area (Å²) < 4.78 is 17.4. The molecular weight excluding hydrogens is 510 g/mol. The van der Waals surface area contributed by atoms with Crippen LogP contribution in [0.5, 0.6) is 11.5 Å². The van der Waals surface area contributed by atoms with Crippen molar-refractivity contribution in [1.29, 1.82) is 0 Å². The van der Waals surface area contributed by atoms with Gasteiger partial charge in [-0.05, 0) is 49.4 Å². The number of benzene rings is 2. The number of hydrogen-bond acceptors (Lipinski definition) is 8. The van der Waals surface area contributed by atoms with Crippen molar-refractivity contribution in [3.63, 3.8) is 0 Å². The fourth-order valence-electron chi connectivity index (χ4n) is 4.67. The zero-order valence-electron chi connectivity index (χ0n) is 22.7. The lowest BCUT2D eigenvalue weighted by molar-refractivity contribution is 0.0518. The molecule has 10 nitrogen and oxygen atoms in total. The summed E-state index contributed by atoms with van der Waals surface area (Å²) in [5.41, 5.74) is 3.44. The molecule has 0 unspecified atom stereocenters. The Labute approximate surface area is 232 Å². The molecule has 0 N–H and O–H groups in total. The summed E-state index contributed by atoms with van der Waals surface area (Å²) in [5, 5.41) is 4.48. The Balaban J connectivity index is 1.31. The van der Waals surface area contributed by atoms with Crippen molar-refractivity contribution in [1.82, 2.24) is 19.7 Å². The van der Waals surface area contributed by atoms with Crippen molar-refractivity contribution in [3.8, 4) is 28.6 Å². The Kier molecular flexibility index (Phi) is 7.95. The first-order chi connectivity index (χ1) is 19.5. The number of rotatable bonds is 8. The molecule has 0 spiro atoms. The lowest BCUT2D eigenvalue weighted by atomic mass is 10.1. The van der Waals surface area contributed by atoms with Crippen molar-refractivity contribution >= 4 is 17.6 Å². The Morgan fingerprint density at radius 1 is 0.875 bits per heavy atom. The molecule has 3 heterocycles. The zero-order valence-corrected chi connectivity index (χ0v) is 22.7. The Bertz CT molecular complexity index is 1460. The van der Waals surface area contributed by atoms with E-state index < -0.39 is 5.97 Å². The number of nitrogens with zero attached hydrogens (tertiary/aromatic N) is 5. The number of amides is 1. The van der Waals surface area contributed by atoms with E-state index in [4.69, 9.17) is 14.2 Å². The summed E-state index contributed by atoms with van der Waals surface area (Å²) in [6.45, 7) is 4.62. The van der Waals surface area contributed by atoms with Crippen LogP contribution in [0, 0.1) is 0 Å². The van der Waals surface area contributed by atoms with Gasteiger partial charge in [0.1, 0.15) is 11.5 Å². The van der Waals surface area contributed by atoms with Gasteiger partial charge in [-0.3, -0.25) is 4.79 Å². The molecule has 0 radical (unpaired) electrons. The van der Waals surface area contributed by atoms with E-state index in [1.54, 1.807) is 56.3 Å². The maximum atomic E-state index is 13.2. The predicted octanol–water partition coefficient (Wildman–Crippen LogP) is 4.09. The first kappa shape index (κ1) is 26.7. The van der Waals surface area contributed by atoms with Crippen LogP contribution < -0.4 is 14.4 Å². The lowest BCUT2D eigenvalue weighted by Crippen LogP contribution is -2.48. The molecule has 2 aromatic carbocycles. The number of pyridine rings is 1. The second kappa shape index (κ2) is 11.9. The van der Waals surface area contributed by atoms with Crippen LogP contribution >= 0.6 is 0 Å². The minimum Gasteiger partial charge on any atom is -0.497 e. The Hall–Kier alpha value is -4.86. The third kappa shape index (κ3) is 5.61. The van der Waals surface area contributed by atoms with E-state index in [1.165, 1.54) is 0 Å². The molecule has 10 heteroatoms. The van der Waals surface area contributed by atoms with Gasteiger partial charge in [0.25, 0.3) is 5.91 Å². The summed E-state index contributed by atoms with van der Waals surface area (Å²) in [5.74, 6) is 1.24. The van der Waals surface area contributed by atoms with E-state index in [0.717, 1.165) is 16.9 Å². The fourth-order valence-corrected chi connectivity index (χ4v) is 4.67. The second-order valence-corrected chi connectivity index (χ2v) is 9.16. The van der Waals surface area contributed by atoms with Crippen molar-refractivity contribution in [3.05, 3.63) is 84.2 Å². The van der Waals surface area contributed by atoms with Crippen LogP contribution in [0.3, 0.4) is 0 Å². The van der Waals surface area contributed by atoms with Gasteiger partial charge in [0, 0.05) is 55.3 Å². The Morgan fingerprint density at radius 3 is 2.17 bits per heavy atom. The molecule has 206 valence electrons. The van der Waals surface area contributed by atoms with Crippen LogP contribution in [-0.2, 0) is 4.74 Å². The summed E-state index contributed by atoms with van der Waals surface area (Å²) >= 11 is 0. The van der Waals surface area contributed by atoms with Crippen molar-refractivity contribution in [2.45, 2.75) is 6.92 Å². The summed E-state index contributed by atoms with van der Waals surface area (Å²) in [6, 6.07) is 20.6. The van der Waals surface area contributed by atoms with E-state index in [0.29, 0.717) is 49.1 Å².